The van der Waals surface area contributed by atoms with Crippen molar-refractivity contribution in [3.63, 3.8) is 0 Å². The Labute approximate surface area is 206 Å². The van der Waals surface area contributed by atoms with Crippen LogP contribution in [0, 0.1) is 0 Å². The highest BCUT2D eigenvalue weighted by molar-refractivity contribution is 5.91. The molecular weight excluding hydrogens is 436 g/mol. The van der Waals surface area contributed by atoms with E-state index in [4.69, 9.17) is 14.5 Å². The van der Waals surface area contributed by atoms with E-state index in [0.717, 1.165) is 42.0 Å². The molecule has 1 saturated carbocycles. The predicted molar refractivity (Wildman–Crippen MR) is 138 cm³/mol. The fraction of sp³-hybridized carbons (Fsp3) is 0.333. The Kier molecular flexibility index (Phi) is 6.84. The molecule has 5 nitrogen and oxygen atoms in total. The van der Waals surface area contributed by atoms with Crippen LogP contribution in [0.2, 0.25) is 0 Å². The molecule has 1 aliphatic rings. The summed E-state index contributed by atoms with van der Waals surface area (Å²) in [6, 6.07) is 18.8. The average Bonchev–Trinajstić information content (AvgIpc) is 3.66. The molecule has 0 N–H and O–H groups in total. The summed E-state index contributed by atoms with van der Waals surface area (Å²) in [6.07, 6.45) is 8.89. The van der Waals surface area contributed by atoms with Crippen LogP contribution in [0.4, 0.5) is 0 Å². The number of carbonyl (C=O) groups excluding carboxylic acids is 1. The summed E-state index contributed by atoms with van der Waals surface area (Å²) in [7, 11) is 1.68. The van der Waals surface area contributed by atoms with Crippen LogP contribution < -0.4 is 4.74 Å². The highest BCUT2D eigenvalue weighted by Gasteiger charge is 2.26. The smallest absolute Gasteiger partial charge is 0.340 e. The highest BCUT2D eigenvalue weighted by Crippen LogP contribution is 2.40. The summed E-state index contributed by atoms with van der Waals surface area (Å²) >= 11 is 0. The van der Waals surface area contributed by atoms with E-state index >= 15 is 0 Å². The molecule has 5 heteroatoms. The highest BCUT2D eigenvalue weighted by atomic mass is 16.5. The maximum absolute atomic E-state index is 12.9. The summed E-state index contributed by atoms with van der Waals surface area (Å²) in [6.45, 7) is 3.34. The molecule has 0 unspecified atom stereocenters. The number of rotatable bonds is 10. The van der Waals surface area contributed by atoms with Gasteiger partial charge in [-0.2, -0.15) is 0 Å². The van der Waals surface area contributed by atoms with Gasteiger partial charge in [0.15, 0.2) is 0 Å². The molecule has 0 radical (unpaired) electrons. The largest absolute Gasteiger partial charge is 0.497 e. The van der Waals surface area contributed by atoms with Crippen molar-refractivity contribution in [2.24, 2.45) is 0 Å². The molecule has 5 rings (SSSR count). The van der Waals surface area contributed by atoms with Crippen LogP contribution in [-0.2, 0) is 17.7 Å². The minimum Gasteiger partial charge on any atom is -0.497 e. The van der Waals surface area contributed by atoms with Gasteiger partial charge in [0.2, 0.25) is 0 Å². The van der Waals surface area contributed by atoms with Gasteiger partial charge in [-0.15, -0.1) is 0 Å². The lowest BCUT2D eigenvalue weighted by Crippen LogP contribution is -2.12. The van der Waals surface area contributed by atoms with Crippen molar-refractivity contribution in [3.8, 4) is 5.75 Å². The number of hydrogen-bond donors (Lipinski definition) is 0. The van der Waals surface area contributed by atoms with Gasteiger partial charge in [-0.25, -0.2) is 4.79 Å². The maximum atomic E-state index is 12.9. The van der Waals surface area contributed by atoms with E-state index in [1.165, 1.54) is 29.3 Å². The number of pyridine rings is 1. The molecular formula is C30H32N2O3. The molecule has 0 amide bonds. The van der Waals surface area contributed by atoms with E-state index in [0.29, 0.717) is 24.5 Å². The van der Waals surface area contributed by atoms with Gasteiger partial charge in [0.25, 0.3) is 0 Å². The number of unbranched alkanes of at least 4 members (excludes halogenated alkanes) is 1. The zero-order chi connectivity index (χ0) is 24.2. The van der Waals surface area contributed by atoms with Crippen molar-refractivity contribution in [3.05, 3.63) is 94.9 Å². The Morgan fingerprint density at radius 2 is 1.86 bits per heavy atom. The second-order valence-electron chi connectivity index (χ2n) is 9.39. The lowest BCUT2D eigenvalue weighted by atomic mass is 10.0. The van der Waals surface area contributed by atoms with Crippen LogP contribution >= 0.6 is 0 Å². The number of benzene rings is 2. The van der Waals surface area contributed by atoms with Gasteiger partial charge in [-0.1, -0.05) is 31.5 Å². The molecule has 2 aromatic carbocycles. The van der Waals surface area contributed by atoms with Crippen molar-refractivity contribution in [2.75, 3.05) is 13.7 Å². The van der Waals surface area contributed by atoms with Crippen LogP contribution in [-0.4, -0.2) is 29.2 Å². The maximum Gasteiger partial charge on any atom is 0.340 e. The molecule has 2 heterocycles. The number of nitrogens with zero attached hydrogens (tertiary/aromatic N) is 2. The van der Waals surface area contributed by atoms with Crippen LogP contribution in [0.15, 0.2) is 67.0 Å². The van der Waals surface area contributed by atoms with Gasteiger partial charge < -0.3 is 14.0 Å². The first-order chi connectivity index (χ1) is 17.1. The lowest BCUT2D eigenvalue weighted by molar-refractivity contribution is 0.0498. The Hall–Kier alpha value is -3.60. The summed E-state index contributed by atoms with van der Waals surface area (Å²) < 4.78 is 13.1. The first-order valence-electron chi connectivity index (χ1n) is 12.5. The van der Waals surface area contributed by atoms with E-state index in [-0.39, 0.29) is 5.97 Å². The third kappa shape index (κ3) is 5.40. The van der Waals surface area contributed by atoms with Crippen molar-refractivity contribution < 1.29 is 14.3 Å². The molecule has 1 fully saturated rings. The second-order valence-corrected chi connectivity index (χ2v) is 9.39. The van der Waals surface area contributed by atoms with Crippen molar-refractivity contribution in [1.29, 1.82) is 0 Å². The van der Waals surface area contributed by atoms with Gasteiger partial charge in [0, 0.05) is 30.9 Å². The number of aromatic nitrogens is 2. The number of esters is 1. The number of methoxy groups -OCH3 is 1. The van der Waals surface area contributed by atoms with Crippen molar-refractivity contribution in [1.82, 2.24) is 9.55 Å². The quantitative estimate of drug-likeness (QED) is 0.196. The van der Waals surface area contributed by atoms with Gasteiger partial charge in [0.05, 0.1) is 25.0 Å². The Morgan fingerprint density at radius 1 is 1.06 bits per heavy atom. The third-order valence-electron chi connectivity index (χ3n) is 6.71. The summed E-state index contributed by atoms with van der Waals surface area (Å²) in [4.78, 5) is 17.6. The summed E-state index contributed by atoms with van der Waals surface area (Å²) in [5.41, 5.74) is 6.09. The Morgan fingerprint density at radius 3 is 2.60 bits per heavy atom. The standard InChI is InChI=1S/C30H32N2O3/c1-3-4-15-35-30(33)27-18-25(23-8-9-23)19-31-28(27)17-22-7-12-29-24(16-22)13-14-32(29)20-21-5-10-26(34-2)11-6-21/h5-7,10-14,16,18-19,23H,3-4,8-9,15,17,20H2,1-2H3. The number of hydrogen-bond acceptors (Lipinski definition) is 4. The molecule has 1 aliphatic carbocycles. The lowest BCUT2D eigenvalue weighted by Gasteiger charge is -2.12. The van der Waals surface area contributed by atoms with Gasteiger partial charge in [-0.05, 0) is 83.7 Å². The molecule has 0 spiro atoms. The normalized spacial score (nSPS) is 13.2. The fourth-order valence-corrected chi connectivity index (χ4v) is 4.47. The molecule has 0 aliphatic heterocycles. The van der Waals surface area contributed by atoms with Crippen LogP contribution in [0.3, 0.4) is 0 Å². The second kappa shape index (κ2) is 10.3. The monoisotopic (exact) mass is 468 g/mol. The van der Waals surface area contributed by atoms with Crippen LogP contribution in [0.25, 0.3) is 10.9 Å². The van der Waals surface area contributed by atoms with Crippen molar-refractivity contribution in [2.45, 2.75) is 51.5 Å². The predicted octanol–water partition coefficient (Wildman–Crippen LogP) is 6.52. The van der Waals surface area contributed by atoms with E-state index in [2.05, 4.69) is 54.1 Å². The van der Waals surface area contributed by atoms with Gasteiger partial charge in [0.1, 0.15) is 5.75 Å². The van der Waals surface area contributed by atoms with E-state index in [1.54, 1.807) is 7.11 Å². The fourth-order valence-electron chi connectivity index (χ4n) is 4.47. The number of ether oxygens (including phenoxy) is 2. The molecule has 2 aromatic heterocycles. The topological polar surface area (TPSA) is 53.3 Å². The summed E-state index contributed by atoms with van der Waals surface area (Å²) in [5, 5.41) is 1.18. The minimum absolute atomic E-state index is 0.254. The molecule has 180 valence electrons. The molecule has 0 atom stereocenters. The third-order valence-corrected chi connectivity index (χ3v) is 6.71. The van der Waals surface area contributed by atoms with E-state index < -0.39 is 0 Å². The SMILES string of the molecule is CCCCOC(=O)c1cc(C2CC2)cnc1Cc1ccc2c(ccn2Cc2ccc(OC)cc2)c1. The average molecular weight is 469 g/mol. The molecule has 0 bridgehead atoms. The first-order valence-corrected chi connectivity index (χ1v) is 12.5. The van der Waals surface area contributed by atoms with E-state index in [1.807, 2.05) is 24.4 Å². The van der Waals surface area contributed by atoms with Crippen LogP contribution in [0.1, 0.15) is 71.3 Å². The number of fused-ring (bicyclic) bond motifs is 1. The molecule has 0 saturated heterocycles. The number of carbonyl (C=O) groups is 1. The van der Waals surface area contributed by atoms with Gasteiger partial charge >= 0.3 is 5.97 Å². The Balaban J connectivity index is 1.36. The molecule has 4 aromatic rings. The Bertz CT molecular complexity index is 1320. The van der Waals surface area contributed by atoms with Crippen LogP contribution in [0.5, 0.6) is 5.75 Å². The zero-order valence-electron chi connectivity index (χ0n) is 20.5. The van der Waals surface area contributed by atoms with Crippen molar-refractivity contribution >= 4 is 16.9 Å². The van der Waals surface area contributed by atoms with E-state index in [9.17, 15) is 4.79 Å². The first kappa shape index (κ1) is 23.2. The molecule has 35 heavy (non-hydrogen) atoms. The van der Waals surface area contributed by atoms with Gasteiger partial charge in [-0.3, -0.25) is 4.98 Å². The zero-order valence-corrected chi connectivity index (χ0v) is 20.5. The summed E-state index contributed by atoms with van der Waals surface area (Å²) in [5.74, 6) is 1.15. The minimum atomic E-state index is -0.254.